The summed E-state index contributed by atoms with van der Waals surface area (Å²) in [7, 11) is 0. The SMILES string of the molecule is C1CCC(SC2CCCN2)C1. The fourth-order valence-corrected chi connectivity index (χ4v) is 3.61. The number of nitrogens with one attached hydrogen (secondary N) is 1. The Bertz CT molecular complexity index is 101. The summed E-state index contributed by atoms with van der Waals surface area (Å²) in [6.45, 7) is 1.25. The Labute approximate surface area is 73.3 Å². The number of rotatable bonds is 2. The molecule has 0 aromatic rings. The van der Waals surface area contributed by atoms with Crippen LogP contribution in [0.3, 0.4) is 0 Å². The molecule has 1 nitrogen and oxygen atoms in total. The van der Waals surface area contributed by atoms with Crippen LogP contribution in [0.5, 0.6) is 0 Å². The topological polar surface area (TPSA) is 12.0 Å². The third-order valence-electron chi connectivity index (χ3n) is 2.67. The van der Waals surface area contributed by atoms with Crippen molar-refractivity contribution in [1.82, 2.24) is 5.32 Å². The Kier molecular flexibility index (Phi) is 2.75. The van der Waals surface area contributed by atoms with E-state index in [1.807, 2.05) is 0 Å². The second-order valence-corrected chi connectivity index (χ2v) is 5.14. The molecular formula is C9H17NS. The third kappa shape index (κ3) is 2.12. The van der Waals surface area contributed by atoms with Crippen LogP contribution >= 0.6 is 11.8 Å². The maximum Gasteiger partial charge on any atom is 0.0535 e. The highest BCUT2D eigenvalue weighted by molar-refractivity contribution is 8.00. The second kappa shape index (κ2) is 3.81. The lowest BCUT2D eigenvalue weighted by molar-refractivity contribution is 0.789. The standard InChI is InChI=1S/C9H17NS/c1-2-5-8(4-1)11-9-6-3-7-10-9/h8-10H,1-7H2. The van der Waals surface area contributed by atoms with Crippen LogP contribution in [0.15, 0.2) is 0 Å². The molecular weight excluding hydrogens is 154 g/mol. The second-order valence-electron chi connectivity index (χ2n) is 3.63. The molecule has 0 bridgehead atoms. The smallest absolute Gasteiger partial charge is 0.0535 e. The summed E-state index contributed by atoms with van der Waals surface area (Å²) in [5, 5.41) is 5.34. The lowest BCUT2D eigenvalue weighted by atomic mass is 10.4. The molecule has 0 radical (unpaired) electrons. The van der Waals surface area contributed by atoms with Crippen LogP contribution < -0.4 is 5.32 Å². The summed E-state index contributed by atoms with van der Waals surface area (Å²) in [5.74, 6) is 0. The van der Waals surface area contributed by atoms with Crippen LogP contribution in [0.2, 0.25) is 0 Å². The average Bonchev–Trinajstić information content (AvgIpc) is 2.60. The Balaban J connectivity index is 1.71. The summed E-state index contributed by atoms with van der Waals surface area (Å²) in [6, 6.07) is 0. The fourth-order valence-electron chi connectivity index (χ4n) is 2.03. The minimum absolute atomic E-state index is 0.804. The van der Waals surface area contributed by atoms with Gasteiger partial charge in [0.2, 0.25) is 0 Å². The fraction of sp³-hybridized carbons (Fsp3) is 1.00. The first kappa shape index (κ1) is 7.93. The predicted octanol–water partition coefficient (Wildman–Crippen LogP) is 2.37. The summed E-state index contributed by atoms with van der Waals surface area (Å²) < 4.78 is 0. The van der Waals surface area contributed by atoms with Crippen LogP contribution in [0.4, 0.5) is 0 Å². The minimum atomic E-state index is 0.804. The molecule has 0 amide bonds. The summed E-state index contributed by atoms with van der Waals surface area (Å²) in [4.78, 5) is 0. The lowest BCUT2D eigenvalue weighted by Crippen LogP contribution is -2.19. The van der Waals surface area contributed by atoms with E-state index >= 15 is 0 Å². The molecule has 0 spiro atoms. The summed E-state index contributed by atoms with van der Waals surface area (Å²) >= 11 is 2.20. The molecule has 1 atom stereocenters. The number of hydrogen-bond acceptors (Lipinski definition) is 2. The predicted molar refractivity (Wildman–Crippen MR) is 50.9 cm³/mol. The molecule has 1 aliphatic heterocycles. The molecule has 1 unspecified atom stereocenters. The molecule has 1 saturated heterocycles. The van der Waals surface area contributed by atoms with Crippen molar-refractivity contribution in [3.05, 3.63) is 0 Å². The van der Waals surface area contributed by atoms with E-state index in [9.17, 15) is 0 Å². The highest BCUT2D eigenvalue weighted by atomic mass is 32.2. The van der Waals surface area contributed by atoms with Crippen molar-refractivity contribution in [2.45, 2.75) is 49.1 Å². The highest BCUT2D eigenvalue weighted by Crippen LogP contribution is 2.33. The third-order valence-corrected chi connectivity index (χ3v) is 4.26. The molecule has 1 saturated carbocycles. The summed E-state index contributed by atoms with van der Waals surface area (Å²) in [6.07, 6.45) is 8.70. The summed E-state index contributed by atoms with van der Waals surface area (Å²) in [5.41, 5.74) is 0. The zero-order chi connectivity index (χ0) is 7.52. The first-order valence-electron chi connectivity index (χ1n) is 4.84. The van der Waals surface area contributed by atoms with E-state index in [4.69, 9.17) is 0 Å². The maximum absolute atomic E-state index is 3.55. The number of thioether (sulfide) groups is 1. The van der Waals surface area contributed by atoms with Crippen molar-refractivity contribution in [3.63, 3.8) is 0 Å². The maximum atomic E-state index is 3.55. The normalized spacial score (nSPS) is 33.3. The van der Waals surface area contributed by atoms with Gasteiger partial charge >= 0.3 is 0 Å². The molecule has 1 heterocycles. The molecule has 0 aromatic heterocycles. The van der Waals surface area contributed by atoms with E-state index in [2.05, 4.69) is 17.1 Å². The van der Waals surface area contributed by atoms with Gasteiger partial charge in [-0.15, -0.1) is 11.8 Å². The van der Waals surface area contributed by atoms with Gasteiger partial charge in [-0.25, -0.2) is 0 Å². The Morgan fingerprint density at radius 3 is 2.45 bits per heavy atom. The van der Waals surface area contributed by atoms with Gasteiger partial charge < -0.3 is 5.32 Å². The molecule has 11 heavy (non-hydrogen) atoms. The largest absolute Gasteiger partial charge is 0.305 e. The van der Waals surface area contributed by atoms with Gasteiger partial charge in [0.25, 0.3) is 0 Å². The van der Waals surface area contributed by atoms with Gasteiger partial charge in [0.1, 0.15) is 0 Å². The van der Waals surface area contributed by atoms with Crippen molar-refractivity contribution < 1.29 is 0 Å². The monoisotopic (exact) mass is 171 g/mol. The van der Waals surface area contributed by atoms with Crippen LogP contribution in [-0.4, -0.2) is 17.2 Å². The van der Waals surface area contributed by atoms with E-state index in [-0.39, 0.29) is 0 Å². The van der Waals surface area contributed by atoms with Gasteiger partial charge in [0, 0.05) is 5.25 Å². The Morgan fingerprint density at radius 1 is 1.00 bits per heavy atom. The molecule has 2 aliphatic rings. The van der Waals surface area contributed by atoms with Crippen LogP contribution in [0, 0.1) is 0 Å². The molecule has 2 heteroatoms. The average molecular weight is 171 g/mol. The molecule has 1 N–H and O–H groups in total. The van der Waals surface area contributed by atoms with Crippen molar-refractivity contribution >= 4 is 11.8 Å². The van der Waals surface area contributed by atoms with Gasteiger partial charge in [-0.05, 0) is 32.2 Å². The molecule has 2 fully saturated rings. The molecule has 0 aromatic carbocycles. The zero-order valence-corrected chi connectivity index (χ0v) is 7.83. The van der Waals surface area contributed by atoms with Crippen LogP contribution in [0.1, 0.15) is 38.5 Å². The highest BCUT2D eigenvalue weighted by Gasteiger charge is 2.22. The first-order valence-corrected chi connectivity index (χ1v) is 5.78. The number of hydrogen-bond donors (Lipinski definition) is 1. The van der Waals surface area contributed by atoms with E-state index < -0.39 is 0 Å². The Hall–Kier alpha value is 0.310. The first-order chi connectivity index (χ1) is 5.45. The van der Waals surface area contributed by atoms with E-state index in [0.29, 0.717) is 0 Å². The van der Waals surface area contributed by atoms with Gasteiger partial charge in [-0.2, -0.15) is 0 Å². The van der Waals surface area contributed by atoms with Crippen molar-refractivity contribution in [2.24, 2.45) is 0 Å². The van der Waals surface area contributed by atoms with Gasteiger partial charge in [0.05, 0.1) is 5.37 Å². The lowest BCUT2D eigenvalue weighted by Gasteiger charge is -2.14. The van der Waals surface area contributed by atoms with E-state index in [0.717, 1.165) is 10.6 Å². The molecule has 1 aliphatic carbocycles. The van der Waals surface area contributed by atoms with Crippen molar-refractivity contribution in [3.8, 4) is 0 Å². The van der Waals surface area contributed by atoms with E-state index in [1.165, 1.54) is 45.1 Å². The van der Waals surface area contributed by atoms with Crippen molar-refractivity contribution in [1.29, 1.82) is 0 Å². The molecule has 64 valence electrons. The minimum Gasteiger partial charge on any atom is -0.305 e. The van der Waals surface area contributed by atoms with Gasteiger partial charge in [0.15, 0.2) is 0 Å². The quantitative estimate of drug-likeness (QED) is 0.684. The zero-order valence-electron chi connectivity index (χ0n) is 7.01. The van der Waals surface area contributed by atoms with E-state index in [1.54, 1.807) is 0 Å². The van der Waals surface area contributed by atoms with Crippen LogP contribution in [-0.2, 0) is 0 Å². The van der Waals surface area contributed by atoms with Gasteiger partial charge in [-0.1, -0.05) is 12.8 Å². The molecule has 2 rings (SSSR count). The van der Waals surface area contributed by atoms with Gasteiger partial charge in [-0.3, -0.25) is 0 Å². The van der Waals surface area contributed by atoms with Crippen LogP contribution in [0.25, 0.3) is 0 Å². The van der Waals surface area contributed by atoms with Crippen molar-refractivity contribution in [2.75, 3.05) is 6.54 Å². The Morgan fingerprint density at radius 2 is 1.82 bits per heavy atom.